The minimum absolute atomic E-state index is 0.195. The van der Waals surface area contributed by atoms with Crippen LogP contribution in [0.25, 0.3) is 0 Å². The molecule has 0 bridgehead atoms. The maximum Gasteiger partial charge on any atom is 0.573 e. The first-order valence-corrected chi connectivity index (χ1v) is 8.96. The number of halogens is 3. The number of carbonyl (C=O) groups excluding carboxylic acids is 1. The number of alkyl halides is 3. The lowest BCUT2D eigenvalue weighted by atomic mass is 10.2. The van der Waals surface area contributed by atoms with Crippen molar-refractivity contribution < 1.29 is 22.7 Å². The van der Waals surface area contributed by atoms with Gasteiger partial charge in [0.15, 0.2) is 0 Å². The van der Waals surface area contributed by atoms with Gasteiger partial charge in [-0.2, -0.15) is 0 Å². The Morgan fingerprint density at radius 1 is 0.923 bits per heavy atom. The average Bonchev–Trinajstić information content (AvgIpc) is 3.09. The molecule has 2 aliphatic heterocycles. The van der Waals surface area contributed by atoms with E-state index < -0.39 is 6.36 Å². The van der Waals surface area contributed by atoms with E-state index in [1.165, 1.54) is 25.0 Å². The molecule has 5 nitrogen and oxygen atoms in total. The lowest BCUT2D eigenvalue weighted by Gasteiger charge is -2.35. The SMILES string of the molecule is O=C(CN1CCCC1)N1CCN(Cc2ccc(OC(F)(F)F)cc2)CC1. The van der Waals surface area contributed by atoms with Crippen LogP contribution >= 0.6 is 0 Å². The highest BCUT2D eigenvalue weighted by atomic mass is 19.4. The second-order valence-corrected chi connectivity index (χ2v) is 6.83. The Balaban J connectivity index is 1.42. The Morgan fingerprint density at radius 3 is 2.12 bits per heavy atom. The van der Waals surface area contributed by atoms with Gasteiger partial charge in [0.25, 0.3) is 0 Å². The highest BCUT2D eigenvalue weighted by Gasteiger charge is 2.31. The summed E-state index contributed by atoms with van der Waals surface area (Å²) in [5.74, 6) is -0.0150. The van der Waals surface area contributed by atoms with Crippen LogP contribution in [-0.2, 0) is 11.3 Å². The van der Waals surface area contributed by atoms with Crippen molar-refractivity contribution in [3.63, 3.8) is 0 Å². The van der Waals surface area contributed by atoms with Crippen LogP contribution in [-0.4, -0.2) is 72.8 Å². The molecule has 3 rings (SSSR count). The van der Waals surface area contributed by atoms with Crippen molar-refractivity contribution in [1.82, 2.24) is 14.7 Å². The van der Waals surface area contributed by atoms with Gasteiger partial charge in [0.1, 0.15) is 5.75 Å². The van der Waals surface area contributed by atoms with Crippen LogP contribution < -0.4 is 4.74 Å². The van der Waals surface area contributed by atoms with Crippen LogP contribution in [0.2, 0.25) is 0 Å². The third-order valence-electron chi connectivity index (χ3n) is 4.85. The van der Waals surface area contributed by atoms with Gasteiger partial charge in [-0.25, -0.2) is 0 Å². The van der Waals surface area contributed by atoms with Gasteiger partial charge in [0.05, 0.1) is 6.54 Å². The number of piperazine rings is 1. The first kappa shape index (κ1) is 19.0. The molecule has 2 fully saturated rings. The van der Waals surface area contributed by atoms with E-state index in [4.69, 9.17) is 0 Å². The highest BCUT2D eigenvalue weighted by Crippen LogP contribution is 2.23. The summed E-state index contributed by atoms with van der Waals surface area (Å²) in [7, 11) is 0. The summed E-state index contributed by atoms with van der Waals surface area (Å²) >= 11 is 0. The van der Waals surface area contributed by atoms with Gasteiger partial charge < -0.3 is 9.64 Å². The predicted molar refractivity (Wildman–Crippen MR) is 90.7 cm³/mol. The molecule has 0 aromatic heterocycles. The molecule has 0 unspecified atom stereocenters. The van der Waals surface area contributed by atoms with Crippen LogP contribution in [0.1, 0.15) is 18.4 Å². The number of hydrogen-bond donors (Lipinski definition) is 0. The van der Waals surface area contributed by atoms with Crippen molar-refractivity contribution in [2.45, 2.75) is 25.7 Å². The molecule has 2 aliphatic rings. The summed E-state index contributed by atoms with van der Waals surface area (Å²) in [6.07, 6.45) is -2.32. The van der Waals surface area contributed by atoms with E-state index in [2.05, 4.69) is 14.5 Å². The zero-order valence-electron chi connectivity index (χ0n) is 14.7. The zero-order chi connectivity index (χ0) is 18.6. The molecule has 0 saturated carbocycles. The Kier molecular flexibility index (Phi) is 6.03. The quantitative estimate of drug-likeness (QED) is 0.796. The maximum atomic E-state index is 12.3. The van der Waals surface area contributed by atoms with Gasteiger partial charge in [-0.3, -0.25) is 14.6 Å². The number of amides is 1. The Morgan fingerprint density at radius 2 is 1.54 bits per heavy atom. The van der Waals surface area contributed by atoms with Gasteiger partial charge in [-0.1, -0.05) is 12.1 Å². The molecule has 0 atom stereocenters. The van der Waals surface area contributed by atoms with Crippen molar-refractivity contribution in [2.24, 2.45) is 0 Å². The van der Waals surface area contributed by atoms with Crippen LogP contribution in [0.4, 0.5) is 13.2 Å². The summed E-state index contributed by atoms with van der Waals surface area (Å²) in [4.78, 5) is 18.7. The number of benzene rings is 1. The molecule has 2 heterocycles. The number of nitrogens with zero attached hydrogens (tertiary/aromatic N) is 3. The third kappa shape index (κ3) is 5.60. The van der Waals surface area contributed by atoms with E-state index in [1.807, 2.05) is 4.90 Å². The largest absolute Gasteiger partial charge is 0.573 e. The molecule has 0 aliphatic carbocycles. The minimum atomic E-state index is -4.67. The van der Waals surface area contributed by atoms with E-state index >= 15 is 0 Å². The molecule has 0 N–H and O–H groups in total. The van der Waals surface area contributed by atoms with Crippen molar-refractivity contribution in [3.05, 3.63) is 29.8 Å². The molecule has 1 aromatic carbocycles. The Labute approximate surface area is 151 Å². The molecular formula is C18H24F3N3O2. The molecule has 1 amide bonds. The fourth-order valence-corrected chi connectivity index (χ4v) is 3.44. The van der Waals surface area contributed by atoms with E-state index in [0.717, 1.165) is 31.7 Å². The number of ether oxygens (including phenoxy) is 1. The monoisotopic (exact) mass is 371 g/mol. The molecule has 1 aromatic rings. The molecule has 144 valence electrons. The van der Waals surface area contributed by atoms with E-state index in [9.17, 15) is 18.0 Å². The molecule has 0 spiro atoms. The molecule has 26 heavy (non-hydrogen) atoms. The zero-order valence-corrected chi connectivity index (χ0v) is 14.7. The Hall–Kier alpha value is -1.80. The van der Waals surface area contributed by atoms with E-state index in [0.29, 0.717) is 26.2 Å². The van der Waals surface area contributed by atoms with E-state index in [-0.39, 0.29) is 11.7 Å². The average molecular weight is 371 g/mol. The van der Waals surface area contributed by atoms with Gasteiger partial charge >= 0.3 is 6.36 Å². The fourth-order valence-electron chi connectivity index (χ4n) is 3.44. The minimum Gasteiger partial charge on any atom is -0.406 e. The maximum absolute atomic E-state index is 12.3. The van der Waals surface area contributed by atoms with Crippen LogP contribution in [0.3, 0.4) is 0 Å². The summed E-state index contributed by atoms with van der Waals surface area (Å²) in [6, 6.07) is 5.95. The number of likely N-dealkylation sites (tertiary alicyclic amines) is 1. The van der Waals surface area contributed by atoms with Gasteiger partial charge in [-0.15, -0.1) is 13.2 Å². The van der Waals surface area contributed by atoms with Crippen molar-refractivity contribution in [1.29, 1.82) is 0 Å². The molecule has 0 radical (unpaired) electrons. The van der Waals surface area contributed by atoms with Gasteiger partial charge in [-0.05, 0) is 43.6 Å². The van der Waals surface area contributed by atoms with Gasteiger partial charge in [0, 0.05) is 32.7 Å². The molecule has 2 saturated heterocycles. The summed E-state index contributed by atoms with van der Waals surface area (Å²) in [5.41, 5.74) is 0.927. The summed E-state index contributed by atoms with van der Waals surface area (Å²) in [5, 5.41) is 0. The van der Waals surface area contributed by atoms with Crippen molar-refractivity contribution in [2.75, 3.05) is 45.8 Å². The van der Waals surface area contributed by atoms with Crippen molar-refractivity contribution >= 4 is 5.91 Å². The highest BCUT2D eigenvalue weighted by molar-refractivity contribution is 5.78. The second-order valence-electron chi connectivity index (χ2n) is 6.83. The second kappa shape index (κ2) is 8.26. The number of rotatable bonds is 5. The van der Waals surface area contributed by atoms with Crippen LogP contribution in [0, 0.1) is 0 Å². The normalized spacial score (nSPS) is 19.7. The molecular weight excluding hydrogens is 347 g/mol. The lowest BCUT2D eigenvalue weighted by Crippen LogP contribution is -2.50. The van der Waals surface area contributed by atoms with Crippen LogP contribution in [0.5, 0.6) is 5.75 Å². The summed E-state index contributed by atoms with van der Waals surface area (Å²) in [6.45, 7) is 6.13. The first-order valence-electron chi connectivity index (χ1n) is 8.96. The molecule has 8 heteroatoms. The smallest absolute Gasteiger partial charge is 0.406 e. The topological polar surface area (TPSA) is 36.0 Å². The van der Waals surface area contributed by atoms with Crippen molar-refractivity contribution in [3.8, 4) is 5.75 Å². The summed E-state index contributed by atoms with van der Waals surface area (Å²) < 4.78 is 40.4. The predicted octanol–water partition coefficient (Wildman–Crippen LogP) is 2.33. The Bertz CT molecular complexity index is 593. The standard InChI is InChI=1S/C18H24F3N3O2/c19-18(20,21)26-16-5-3-15(4-6-16)13-23-9-11-24(12-10-23)17(25)14-22-7-1-2-8-22/h3-6H,1-2,7-14H2. The number of hydrogen-bond acceptors (Lipinski definition) is 4. The van der Waals surface area contributed by atoms with Gasteiger partial charge in [0.2, 0.25) is 5.91 Å². The van der Waals surface area contributed by atoms with Crippen LogP contribution in [0.15, 0.2) is 24.3 Å². The fraction of sp³-hybridized carbons (Fsp3) is 0.611. The first-order chi connectivity index (χ1) is 12.4. The lowest BCUT2D eigenvalue weighted by molar-refractivity contribution is -0.274. The number of carbonyl (C=O) groups is 1. The van der Waals surface area contributed by atoms with E-state index in [1.54, 1.807) is 12.1 Å². The third-order valence-corrected chi connectivity index (χ3v) is 4.85.